The zero-order chi connectivity index (χ0) is 17.3. The zero-order valence-corrected chi connectivity index (χ0v) is 16.7. The van der Waals surface area contributed by atoms with E-state index in [-0.39, 0.29) is 17.9 Å². The van der Waals surface area contributed by atoms with Crippen LogP contribution in [-0.4, -0.2) is 40.1 Å². The van der Waals surface area contributed by atoms with E-state index in [4.69, 9.17) is 4.98 Å². The molecule has 0 spiro atoms. The van der Waals surface area contributed by atoms with Gasteiger partial charge in [0.1, 0.15) is 5.69 Å². The summed E-state index contributed by atoms with van der Waals surface area (Å²) in [5.41, 5.74) is 4.71. The fourth-order valence-electron chi connectivity index (χ4n) is 4.42. The van der Waals surface area contributed by atoms with E-state index >= 15 is 0 Å². The van der Waals surface area contributed by atoms with E-state index in [1.54, 1.807) is 0 Å². The Morgan fingerprint density at radius 2 is 1.82 bits per heavy atom. The van der Waals surface area contributed by atoms with Crippen molar-refractivity contribution in [2.45, 2.75) is 37.6 Å². The van der Waals surface area contributed by atoms with Gasteiger partial charge in [-0.25, -0.2) is 4.98 Å². The van der Waals surface area contributed by atoms with Gasteiger partial charge in [-0.3, -0.25) is 4.98 Å². The minimum absolute atomic E-state index is 0. The number of rotatable bonds is 3. The first-order valence-corrected chi connectivity index (χ1v) is 9.76. The molecule has 2 fully saturated rings. The molecule has 4 heterocycles. The van der Waals surface area contributed by atoms with E-state index in [9.17, 15) is 0 Å². The number of halogens is 1. The molecule has 0 radical (unpaired) electrons. The molecular weight excluding hydrogens is 374 g/mol. The van der Waals surface area contributed by atoms with Gasteiger partial charge in [0, 0.05) is 31.2 Å². The zero-order valence-electron chi connectivity index (χ0n) is 15.9. The van der Waals surface area contributed by atoms with E-state index in [1.807, 2.05) is 6.20 Å². The average Bonchev–Trinajstić information content (AvgIpc) is 3.40. The third kappa shape index (κ3) is 3.85. The summed E-state index contributed by atoms with van der Waals surface area (Å²) in [5, 5.41) is 3.68. The van der Waals surface area contributed by atoms with E-state index in [2.05, 4.69) is 56.6 Å². The van der Waals surface area contributed by atoms with Crippen LogP contribution in [0.2, 0.25) is 0 Å². The van der Waals surface area contributed by atoms with Crippen molar-refractivity contribution in [3.8, 4) is 11.4 Å². The van der Waals surface area contributed by atoms with Gasteiger partial charge in [0.2, 0.25) is 5.95 Å². The predicted octanol–water partition coefficient (Wildman–Crippen LogP) is 3.32. The maximum Gasteiger partial charge on any atom is 0.203 e. The third-order valence-corrected chi connectivity index (χ3v) is 5.81. The normalized spacial score (nSPS) is 21.9. The second kappa shape index (κ2) is 8.90. The predicted molar refractivity (Wildman–Crippen MR) is 114 cm³/mol. The lowest BCUT2D eigenvalue weighted by atomic mass is 9.85. The largest absolute Gasteiger partial charge is 0.412 e. The number of hydrogen-bond donors (Lipinski definition) is 2. The van der Waals surface area contributed by atoms with Crippen molar-refractivity contribution in [1.82, 2.24) is 20.3 Å². The average molecular weight is 402 g/mol. The van der Waals surface area contributed by atoms with E-state index in [0.717, 1.165) is 49.8 Å². The minimum atomic E-state index is 0. The van der Waals surface area contributed by atoms with Gasteiger partial charge in [0.15, 0.2) is 0 Å². The van der Waals surface area contributed by atoms with Gasteiger partial charge >= 0.3 is 0 Å². The molecule has 1 aromatic rings. The summed E-state index contributed by atoms with van der Waals surface area (Å²) >= 11 is 0. The molecule has 0 bridgehead atoms. The van der Waals surface area contributed by atoms with Crippen LogP contribution in [0.15, 0.2) is 42.6 Å². The van der Waals surface area contributed by atoms with Crippen LogP contribution >= 0.6 is 12.4 Å². The Balaban J connectivity index is 0.00000112. The Labute approximate surface area is 171 Å². The number of aromatic amines is 1. The van der Waals surface area contributed by atoms with Crippen molar-refractivity contribution in [2.75, 3.05) is 24.5 Å². The molecule has 7 heteroatoms. The topological polar surface area (TPSA) is 88.3 Å². The van der Waals surface area contributed by atoms with E-state index < -0.39 is 0 Å². The molecule has 0 saturated carbocycles. The highest BCUT2D eigenvalue weighted by Gasteiger charge is 2.29. The fraction of sp³-hybridized carbons (Fsp3) is 0.429. The Kier molecular flexibility index (Phi) is 6.54. The van der Waals surface area contributed by atoms with Crippen LogP contribution in [0.25, 0.3) is 11.4 Å². The first kappa shape index (κ1) is 20.6. The van der Waals surface area contributed by atoms with Crippen molar-refractivity contribution in [3.63, 3.8) is 0 Å². The SMILES string of the molecule is Cl.O.c1ccc(C2CC(c3nc(N4CCCC4)[nH]c4ccnc3-4)CCN2)cc1. The number of hydrogen-bond acceptors (Lipinski definition) is 4. The Bertz CT molecular complexity index is 849. The summed E-state index contributed by atoms with van der Waals surface area (Å²) in [5.74, 6) is 1.46. The van der Waals surface area contributed by atoms with Gasteiger partial charge in [-0.05, 0) is 43.9 Å². The monoisotopic (exact) mass is 401 g/mol. The summed E-state index contributed by atoms with van der Waals surface area (Å²) in [6.07, 6.45) is 6.59. The molecule has 2 saturated heterocycles. The Morgan fingerprint density at radius 3 is 2.61 bits per heavy atom. The van der Waals surface area contributed by atoms with Crippen LogP contribution in [-0.2, 0) is 0 Å². The number of nitrogens with zero attached hydrogens (tertiary/aromatic N) is 3. The maximum atomic E-state index is 5.09. The number of fused-ring (bicyclic) bond motifs is 1. The van der Waals surface area contributed by atoms with Gasteiger partial charge in [0.25, 0.3) is 0 Å². The molecule has 2 atom stereocenters. The first-order chi connectivity index (χ1) is 12.9. The number of piperidine rings is 1. The quantitative estimate of drug-likeness (QED) is 0.704. The molecule has 0 amide bonds. The molecule has 4 N–H and O–H groups in total. The number of benzene rings is 1. The van der Waals surface area contributed by atoms with Gasteiger partial charge in [-0.15, -0.1) is 12.4 Å². The van der Waals surface area contributed by atoms with Crippen LogP contribution in [0.5, 0.6) is 0 Å². The van der Waals surface area contributed by atoms with Crippen molar-refractivity contribution < 1.29 is 5.48 Å². The van der Waals surface area contributed by atoms with Gasteiger partial charge < -0.3 is 20.7 Å². The van der Waals surface area contributed by atoms with Gasteiger partial charge in [0.05, 0.1) is 11.4 Å². The summed E-state index contributed by atoms with van der Waals surface area (Å²) in [7, 11) is 0. The third-order valence-electron chi connectivity index (χ3n) is 5.81. The van der Waals surface area contributed by atoms with Crippen molar-refractivity contribution in [3.05, 3.63) is 53.9 Å². The number of H-pyrrole nitrogens is 1. The smallest absolute Gasteiger partial charge is 0.203 e. The van der Waals surface area contributed by atoms with Crippen LogP contribution in [0, 0.1) is 0 Å². The standard InChI is InChI=1S/C21H25N5.ClH.H2O/c1-2-6-15(7-3-1)18-14-16(8-10-22-18)19-20-17(9-11-23-20)24-21(25-19)26-12-4-5-13-26;;/h1-3,6-7,9,11,16,18,22H,4-5,8,10,12-14H2,(H,24,25);1H;1H2. The molecule has 4 aliphatic heterocycles. The molecule has 150 valence electrons. The molecule has 5 rings (SSSR count). The lowest BCUT2D eigenvalue weighted by Crippen LogP contribution is -2.32. The molecule has 6 nitrogen and oxygen atoms in total. The minimum Gasteiger partial charge on any atom is -0.412 e. The lowest BCUT2D eigenvalue weighted by molar-refractivity contribution is 0.365. The Morgan fingerprint density at radius 1 is 1.04 bits per heavy atom. The highest BCUT2D eigenvalue weighted by atomic mass is 35.5. The highest BCUT2D eigenvalue weighted by molar-refractivity contribution is 5.85. The number of aromatic nitrogens is 3. The number of anilines is 1. The molecule has 0 aromatic heterocycles. The number of nitrogens with one attached hydrogen (secondary N) is 2. The van der Waals surface area contributed by atoms with Crippen molar-refractivity contribution in [2.24, 2.45) is 0 Å². The first-order valence-electron chi connectivity index (χ1n) is 9.76. The summed E-state index contributed by atoms with van der Waals surface area (Å²) in [6.45, 7) is 3.22. The van der Waals surface area contributed by atoms with Crippen LogP contribution in [0.1, 0.15) is 48.9 Å². The second-order valence-corrected chi connectivity index (χ2v) is 7.49. The second-order valence-electron chi connectivity index (χ2n) is 7.49. The summed E-state index contributed by atoms with van der Waals surface area (Å²) in [4.78, 5) is 15.6. The molecule has 4 aliphatic rings. The molecule has 1 aromatic carbocycles. The highest BCUT2D eigenvalue weighted by Crippen LogP contribution is 2.38. The summed E-state index contributed by atoms with van der Waals surface area (Å²) in [6, 6.07) is 13.2. The Hall–Kier alpha value is -2.15. The maximum absolute atomic E-state index is 5.09. The van der Waals surface area contributed by atoms with Gasteiger partial charge in [-0.1, -0.05) is 30.3 Å². The van der Waals surface area contributed by atoms with Crippen LogP contribution < -0.4 is 10.2 Å². The lowest BCUT2D eigenvalue weighted by Gasteiger charge is -2.31. The van der Waals surface area contributed by atoms with Crippen LogP contribution in [0.3, 0.4) is 0 Å². The molecule has 0 aliphatic carbocycles. The van der Waals surface area contributed by atoms with Crippen molar-refractivity contribution in [1.29, 1.82) is 0 Å². The van der Waals surface area contributed by atoms with Crippen LogP contribution in [0.4, 0.5) is 5.95 Å². The van der Waals surface area contributed by atoms with E-state index in [1.165, 1.54) is 24.1 Å². The summed E-state index contributed by atoms with van der Waals surface area (Å²) < 4.78 is 0. The molecule has 2 unspecified atom stereocenters. The molecular formula is C21H28ClN5O. The fourth-order valence-corrected chi connectivity index (χ4v) is 4.42. The molecule has 28 heavy (non-hydrogen) atoms. The van der Waals surface area contributed by atoms with Gasteiger partial charge in [-0.2, -0.15) is 0 Å². The van der Waals surface area contributed by atoms with Crippen molar-refractivity contribution >= 4 is 18.4 Å². The van der Waals surface area contributed by atoms with E-state index in [0.29, 0.717) is 12.0 Å².